The molecule has 3 aromatic heterocycles. The molecule has 0 radical (unpaired) electrons. The second kappa shape index (κ2) is 5.45. The van der Waals surface area contributed by atoms with E-state index in [2.05, 4.69) is 42.4 Å². The fraction of sp³-hybridized carbons (Fsp3) is 0.364. The van der Waals surface area contributed by atoms with Gasteiger partial charge in [0.2, 0.25) is 11.8 Å². The molecule has 0 spiro atoms. The van der Waals surface area contributed by atoms with Crippen molar-refractivity contribution in [3.05, 3.63) is 12.2 Å². The number of aromatic amines is 1. The van der Waals surface area contributed by atoms with Gasteiger partial charge in [-0.1, -0.05) is 6.92 Å². The van der Waals surface area contributed by atoms with Gasteiger partial charge in [-0.3, -0.25) is 0 Å². The van der Waals surface area contributed by atoms with Gasteiger partial charge in [-0.25, -0.2) is 9.97 Å². The first-order valence-electron chi connectivity index (χ1n) is 6.19. The molecule has 0 fully saturated rings. The molecular weight excluding hydrogens is 278 g/mol. The summed E-state index contributed by atoms with van der Waals surface area (Å²) in [5.41, 5.74) is 1.37. The van der Waals surface area contributed by atoms with Gasteiger partial charge in [-0.05, 0) is 18.2 Å². The summed E-state index contributed by atoms with van der Waals surface area (Å²) in [6.45, 7) is 4.63. The van der Waals surface area contributed by atoms with Gasteiger partial charge >= 0.3 is 0 Å². The average molecular weight is 291 g/mol. The molecule has 0 saturated heterocycles. The molecule has 3 aromatic rings. The molecule has 8 nitrogen and oxygen atoms in total. The van der Waals surface area contributed by atoms with Crippen LogP contribution < -0.4 is 5.32 Å². The molecule has 3 rings (SSSR count). The molecule has 0 aromatic carbocycles. The first-order valence-corrected chi connectivity index (χ1v) is 7.01. The van der Waals surface area contributed by atoms with Crippen LogP contribution in [0.15, 0.2) is 21.0 Å². The van der Waals surface area contributed by atoms with E-state index in [0.29, 0.717) is 27.7 Å². The Morgan fingerprint density at radius 3 is 3.00 bits per heavy atom. The van der Waals surface area contributed by atoms with Gasteiger partial charge in [0.15, 0.2) is 5.65 Å². The van der Waals surface area contributed by atoms with E-state index in [-0.39, 0.29) is 0 Å². The molecular formula is C11H13N7OS. The quantitative estimate of drug-likeness (QED) is 0.688. The molecule has 3 heterocycles. The smallest absolute Gasteiger partial charge is 0.283 e. The predicted octanol–water partition coefficient (Wildman–Crippen LogP) is 2.02. The van der Waals surface area contributed by atoms with Crippen molar-refractivity contribution in [2.75, 3.05) is 11.9 Å². The number of aromatic nitrogens is 6. The van der Waals surface area contributed by atoms with Gasteiger partial charge < -0.3 is 14.7 Å². The van der Waals surface area contributed by atoms with Crippen molar-refractivity contribution in [2.45, 2.75) is 30.5 Å². The molecule has 2 N–H and O–H groups in total. The molecule has 0 saturated carbocycles. The molecule has 0 aliphatic heterocycles. The third-order valence-electron chi connectivity index (χ3n) is 2.48. The van der Waals surface area contributed by atoms with Crippen LogP contribution in [0.2, 0.25) is 0 Å². The summed E-state index contributed by atoms with van der Waals surface area (Å²) < 4.78 is 5.36. The number of imidazole rings is 1. The Hall–Kier alpha value is -2.16. The third-order valence-corrected chi connectivity index (χ3v) is 3.31. The SMILES string of the molecule is CCCNc1nc(Sc2nnc(C)o2)c2[nH]cnc2n1. The highest BCUT2D eigenvalue weighted by atomic mass is 32.2. The minimum atomic E-state index is 0.443. The second-order valence-electron chi connectivity index (χ2n) is 4.07. The number of fused-ring (bicyclic) bond motifs is 1. The standard InChI is InChI=1S/C11H13N7OS/c1-3-4-12-10-15-8-7(13-5-14-8)9(16-10)20-11-18-17-6(2)19-11/h5H,3-4H2,1-2H3,(H2,12,13,14,15,16). The van der Waals surface area contributed by atoms with Gasteiger partial charge in [0.1, 0.15) is 10.5 Å². The minimum Gasteiger partial charge on any atom is -0.416 e. The lowest BCUT2D eigenvalue weighted by Crippen LogP contribution is -2.05. The first-order chi connectivity index (χ1) is 9.76. The number of hydrogen-bond donors (Lipinski definition) is 2. The van der Waals surface area contributed by atoms with Crippen LogP contribution in [0, 0.1) is 6.92 Å². The van der Waals surface area contributed by atoms with E-state index in [1.165, 1.54) is 11.8 Å². The van der Waals surface area contributed by atoms with E-state index in [4.69, 9.17) is 4.42 Å². The van der Waals surface area contributed by atoms with E-state index in [0.717, 1.165) is 18.5 Å². The summed E-state index contributed by atoms with van der Waals surface area (Å²) in [5.74, 6) is 1.07. The van der Waals surface area contributed by atoms with Gasteiger partial charge in [0, 0.05) is 13.5 Å². The van der Waals surface area contributed by atoms with Crippen LogP contribution in [0.5, 0.6) is 0 Å². The maximum atomic E-state index is 5.36. The van der Waals surface area contributed by atoms with Crippen molar-refractivity contribution in [1.29, 1.82) is 0 Å². The molecule has 0 unspecified atom stereocenters. The van der Waals surface area contributed by atoms with Crippen LogP contribution in [0.1, 0.15) is 19.2 Å². The number of anilines is 1. The molecule has 0 aliphatic carbocycles. The lowest BCUT2D eigenvalue weighted by Gasteiger charge is -2.04. The van der Waals surface area contributed by atoms with Crippen LogP contribution in [0.4, 0.5) is 5.95 Å². The van der Waals surface area contributed by atoms with Crippen molar-refractivity contribution in [3.63, 3.8) is 0 Å². The zero-order valence-corrected chi connectivity index (χ0v) is 11.9. The van der Waals surface area contributed by atoms with Crippen LogP contribution in [-0.4, -0.2) is 36.7 Å². The number of hydrogen-bond acceptors (Lipinski definition) is 8. The van der Waals surface area contributed by atoms with Gasteiger partial charge in [0.25, 0.3) is 5.22 Å². The van der Waals surface area contributed by atoms with Gasteiger partial charge in [-0.15, -0.1) is 10.2 Å². The van der Waals surface area contributed by atoms with Crippen LogP contribution in [0.25, 0.3) is 11.2 Å². The van der Waals surface area contributed by atoms with Crippen molar-refractivity contribution >= 4 is 28.9 Å². The average Bonchev–Trinajstić information content (AvgIpc) is 3.05. The molecule has 20 heavy (non-hydrogen) atoms. The van der Waals surface area contributed by atoms with Crippen LogP contribution >= 0.6 is 11.8 Å². The Morgan fingerprint density at radius 1 is 1.35 bits per heavy atom. The van der Waals surface area contributed by atoms with Crippen LogP contribution in [0.3, 0.4) is 0 Å². The zero-order chi connectivity index (χ0) is 13.9. The van der Waals surface area contributed by atoms with Gasteiger partial charge in [0.05, 0.1) is 6.33 Å². The Bertz CT molecular complexity index is 722. The number of H-pyrrole nitrogens is 1. The Morgan fingerprint density at radius 2 is 2.25 bits per heavy atom. The Balaban J connectivity index is 1.96. The van der Waals surface area contributed by atoms with E-state index in [1.54, 1.807) is 13.3 Å². The van der Waals surface area contributed by atoms with Crippen LogP contribution in [-0.2, 0) is 0 Å². The number of nitrogens with one attached hydrogen (secondary N) is 2. The fourth-order valence-electron chi connectivity index (χ4n) is 1.60. The maximum absolute atomic E-state index is 5.36. The maximum Gasteiger partial charge on any atom is 0.283 e. The van der Waals surface area contributed by atoms with E-state index >= 15 is 0 Å². The highest BCUT2D eigenvalue weighted by molar-refractivity contribution is 7.99. The Labute approximate surface area is 118 Å². The topological polar surface area (TPSA) is 105 Å². The van der Waals surface area contributed by atoms with E-state index in [1.807, 2.05) is 0 Å². The van der Waals surface area contributed by atoms with E-state index < -0.39 is 0 Å². The molecule has 0 amide bonds. The van der Waals surface area contributed by atoms with E-state index in [9.17, 15) is 0 Å². The predicted molar refractivity (Wildman–Crippen MR) is 73.6 cm³/mol. The number of aryl methyl sites for hydroxylation is 1. The Kier molecular flexibility index (Phi) is 3.50. The fourth-order valence-corrected chi connectivity index (χ4v) is 2.39. The molecule has 104 valence electrons. The molecule has 0 aliphatic rings. The molecule has 0 bridgehead atoms. The van der Waals surface area contributed by atoms with Gasteiger partial charge in [-0.2, -0.15) is 4.98 Å². The highest BCUT2D eigenvalue weighted by Crippen LogP contribution is 2.29. The summed E-state index contributed by atoms with van der Waals surface area (Å²) in [5, 5.41) is 12.1. The minimum absolute atomic E-state index is 0.443. The van der Waals surface area contributed by atoms with Crippen molar-refractivity contribution < 1.29 is 4.42 Å². The number of rotatable bonds is 5. The van der Waals surface area contributed by atoms with Crippen molar-refractivity contribution in [1.82, 2.24) is 30.1 Å². The molecule has 0 atom stereocenters. The summed E-state index contributed by atoms with van der Waals surface area (Å²) in [6, 6.07) is 0. The summed E-state index contributed by atoms with van der Waals surface area (Å²) in [6.07, 6.45) is 2.58. The van der Waals surface area contributed by atoms with Crippen molar-refractivity contribution in [2.24, 2.45) is 0 Å². The third kappa shape index (κ3) is 2.57. The lowest BCUT2D eigenvalue weighted by atomic mass is 10.5. The summed E-state index contributed by atoms with van der Waals surface area (Å²) >= 11 is 1.29. The first kappa shape index (κ1) is 12.9. The lowest BCUT2D eigenvalue weighted by molar-refractivity contribution is 0.429. The monoisotopic (exact) mass is 291 g/mol. The largest absolute Gasteiger partial charge is 0.416 e. The van der Waals surface area contributed by atoms with Crippen molar-refractivity contribution in [3.8, 4) is 0 Å². The summed E-state index contributed by atoms with van der Waals surface area (Å²) in [7, 11) is 0. The highest BCUT2D eigenvalue weighted by Gasteiger charge is 2.14. The molecule has 9 heteroatoms. The normalized spacial score (nSPS) is 11.1. The second-order valence-corrected chi connectivity index (χ2v) is 5.01. The zero-order valence-electron chi connectivity index (χ0n) is 11.0. The number of nitrogens with zero attached hydrogens (tertiary/aromatic N) is 5. The summed E-state index contributed by atoms with van der Waals surface area (Å²) in [4.78, 5) is 16.0.